The number of halogens is 3. The van der Waals surface area contributed by atoms with Crippen molar-refractivity contribution in [3.8, 4) is 5.75 Å². The SMILES string of the molecule is COCCCc1ccc(CCc2ccc3c(F)c(CCc4ccc(OC(F)F)cc4)ccc3c2)cc1. The molecule has 0 aliphatic heterocycles. The molecule has 0 aliphatic rings. The molecule has 2 nitrogen and oxygen atoms in total. The highest BCUT2D eigenvalue weighted by molar-refractivity contribution is 5.84. The molecule has 4 aromatic carbocycles. The Morgan fingerprint density at radius 2 is 1.25 bits per heavy atom. The molecule has 0 saturated heterocycles. The Hall–Kier alpha value is -3.31. The zero-order valence-corrected chi connectivity index (χ0v) is 20.5. The van der Waals surface area contributed by atoms with E-state index < -0.39 is 6.61 Å². The molecule has 0 atom stereocenters. The van der Waals surface area contributed by atoms with Gasteiger partial charge < -0.3 is 9.47 Å². The van der Waals surface area contributed by atoms with E-state index in [9.17, 15) is 8.78 Å². The van der Waals surface area contributed by atoms with Gasteiger partial charge in [-0.05, 0) is 83.9 Å². The molecule has 0 unspecified atom stereocenters. The molecule has 0 aliphatic carbocycles. The first-order valence-corrected chi connectivity index (χ1v) is 12.3. The van der Waals surface area contributed by atoms with Gasteiger partial charge in [0.05, 0.1) is 0 Å². The van der Waals surface area contributed by atoms with E-state index in [1.807, 2.05) is 24.3 Å². The molecule has 0 fully saturated rings. The monoisotopic (exact) mass is 492 g/mol. The second-order valence-electron chi connectivity index (χ2n) is 9.03. The average Bonchev–Trinajstić information content (AvgIpc) is 2.88. The second-order valence-corrected chi connectivity index (χ2v) is 9.03. The quantitative estimate of drug-likeness (QED) is 0.188. The van der Waals surface area contributed by atoms with E-state index in [1.54, 1.807) is 19.2 Å². The summed E-state index contributed by atoms with van der Waals surface area (Å²) in [6.45, 7) is -2.06. The normalized spacial score (nSPS) is 11.4. The Bertz CT molecular complexity index is 1250. The van der Waals surface area contributed by atoms with Crippen molar-refractivity contribution in [2.24, 2.45) is 0 Å². The number of methoxy groups -OCH3 is 1. The third kappa shape index (κ3) is 7.11. The van der Waals surface area contributed by atoms with E-state index >= 15 is 4.39 Å². The van der Waals surface area contributed by atoms with Crippen molar-refractivity contribution < 1.29 is 22.6 Å². The highest BCUT2D eigenvalue weighted by Crippen LogP contribution is 2.25. The summed E-state index contributed by atoms with van der Waals surface area (Å²) >= 11 is 0. The second kappa shape index (κ2) is 12.6. The minimum atomic E-state index is -2.84. The maximum atomic E-state index is 15.2. The van der Waals surface area contributed by atoms with Gasteiger partial charge >= 0.3 is 6.61 Å². The Morgan fingerprint density at radius 3 is 1.92 bits per heavy atom. The first-order chi connectivity index (χ1) is 17.5. The van der Waals surface area contributed by atoms with E-state index in [2.05, 4.69) is 35.1 Å². The molecule has 0 aromatic heterocycles. The van der Waals surface area contributed by atoms with Crippen molar-refractivity contribution in [1.82, 2.24) is 0 Å². The van der Waals surface area contributed by atoms with Crippen LogP contribution in [0.5, 0.6) is 5.75 Å². The number of rotatable bonds is 12. The summed E-state index contributed by atoms with van der Waals surface area (Å²) in [5.74, 6) is -0.0721. The maximum absolute atomic E-state index is 15.2. The van der Waals surface area contributed by atoms with Gasteiger partial charge in [0, 0.05) is 19.1 Å². The van der Waals surface area contributed by atoms with E-state index in [-0.39, 0.29) is 11.6 Å². The number of benzene rings is 4. The molecule has 4 rings (SSSR count). The molecule has 0 bridgehead atoms. The molecule has 5 heteroatoms. The lowest BCUT2D eigenvalue weighted by molar-refractivity contribution is -0.0498. The number of hydrogen-bond acceptors (Lipinski definition) is 2. The molecule has 0 amide bonds. The van der Waals surface area contributed by atoms with Crippen LogP contribution in [-0.4, -0.2) is 20.3 Å². The maximum Gasteiger partial charge on any atom is 0.387 e. The van der Waals surface area contributed by atoms with Crippen LogP contribution in [0.1, 0.15) is 34.2 Å². The van der Waals surface area contributed by atoms with Crippen LogP contribution >= 0.6 is 0 Å². The van der Waals surface area contributed by atoms with Gasteiger partial charge in [-0.1, -0.05) is 66.7 Å². The Morgan fingerprint density at radius 1 is 0.667 bits per heavy atom. The van der Waals surface area contributed by atoms with Gasteiger partial charge in [-0.2, -0.15) is 8.78 Å². The molecular weight excluding hydrogens is 461 g/mol. The van der Waals surface area contributed by atoms with Crippen LogP contribution in [0.15, 0.2) is 78.9 Å². The van der Waals surface area contributed by atoms with E-state index in [0.29, 0.717) is 23.8 Å². The van der Waals surface area contributed by atoms with Crippen LogP contribution in [0.25, 0.3) is 10.8 Å². The molecule has 0 radical (unpaired) electrons. The van der Waals surface area contributed by atoms with Gasteiger partial charge in [-0.3, -0.25) is 0 Å². The standard InChI is InChI=1S/C31H31F3O2/c1-35-20-2-3-22-4-6-23(7-5-22)8-9-25-13-19-29-27(21-25)16-15-26(30(29)32)14-10-24-11-17-28(18-12-24)36-31(33)34/h4-7,11-13,15-19,21,31H,2-3,8-10,14,20H2,1H3. The number of alkyl halides is 2. The summed E-state index contributed by atoms with van der Waals surface area (Å²) in [6.07, 6.45) is 5.02. The number of ether oxygens (including phenoxy) is 2. The average molecular weight is 493 g/mol. The number of aryl methyl sites for hydroxylation is 5. The van der Waals surface area contributed by atoms with Crippen LogP contribution in [0.3, 0.4) is 0 Å². The molecule has 4 aromatic rings. The fourth-order valence-electron chi connectivity index (χ4n) is 4.43. The summed E-state index contributed by atoms with van der Waals surface area (Å²) in [5, 5.41) is 1.52. The van der Waals surface area contributed by atoms with E-state index in [4.69, 9.17) is 4.74 Å². The Labute approximate surface area is 210 Å². The number of fused-ring (bicyclic) bond motifs is 1. The summed E-state index contributed by atoms with van der Waals surface area (Å²) in [7, 11) is 1.73. The third-order valence-electron chi connectivity index (χ3n) is 6.47. The summed E-state index contributed by atoms with van der Waals surface area (Å²) in [5.41, 5.74) is 5.39. The summed E-state index contributed by atoms with van der Waals surface area (Å²) < 4.78 is 49.3. The molecule has 0 saturated carbocycles. The molecule has 0 N–H and O–H groups in total. The van der Waals surface area contributed by atoms with Crippen molar-refractivity contribution in [3.05, 3.63) is 112 Å². The molecule has 36 heavy (non-hydrogen) atoms. The lowest BCUT2D eigenvalue weighted by Gasteiger charge is -2.10. The van der Waals surface area contributed by atoms with Crippen molar-refractivity contribution >= 4 is 10.8 Å². The smallest absolute Gasteiger partial charge is 0.387 e. The highest BCUT2D eigenvalue weighted by Gasteiger charge is 2.10. The predicted molar refractivity (Wildman–Crippen MR) is 138 cm³/mol. The minimum Gasteiger partial charge on any atom is -0.435 e. The zero-order chi connectivity index (χ0) is 25.3. The van der Waals surface area contributed by atoms with Crippen molar-refractivity contribution in [3.63, 3.8) is 0 Å². The van der Waals surface area contributed by atoms with Crippen molar-refractivity contribution in [2.75, 3.05) is 13.7 Å². The largest absolute Gasteiger partial charge is 0.435 e. The van der Waals surface area contributed by atoms with Gasteiger partial charge in [-0.25, -0.2) is 4.39 Å². The van der Waals surface area contributed by atoms with Crippen LogP contribution < -0.4 is 4.74 Å². The van der Waals surface area contributed by atoms with Gasteiger partial charge in [-0.15, -0.1) is 0 Å². The first-order valence-electron chi connectivity index (χ1n) is 12.3. The topological polar surface area (TPSA) is 18.5 Å². The lowest BCUT2D eigenvalue weighted by atomic mass is 9.97. The van der Waals surface area contributed by atoms with E-state index in [1.165, 1.54) is 28.8 Å². The third-order valence-corrected chi connectivity index (χ3v) is 6.47. The van der Waals surface area contributed by atoms with Crippen molar-refractivity contribution in [2.45, 2.75) is 45.1 Å². The van der Waals surface area contributed by atoms with Gasteiger partial charge in [0.15, 0.2) is 0 Å². The molecular formula is C31H31F3O2. The van der Waals surface area contributed by atoms with Crippen LogP contribution in [0.2, 0.25) is 0 Å². The fourth-order valence-corrected chi connectivity index (χ4v) is 4.43. The van der Waals surface area contributed by atoms with Crippen LogP contribution in [-0.2, 0) is 36.8 Å². The van der Waals surface area contributed by atoms with Gasteiger partial charge in [0.25, 0.3) is 0 Å². The zero-order valence-electron chi connectivity index (χ0n) is 20.5. The van der Waals surface area contributed by atoms with E-state index in [0.717, 1.165) is 43.2 Å². The van der Waals surface area contributed by atoms with Crippen LogP contribution in [0.4, 0.5) is 13.2 Å². The molecule has 0 spiro atoms. The van der Waals surface area contributed by atoms with Crippen LogP contribution in [0, 0.1) is 5.82 Å². The fraction of sp³-hybridized carbons (Fsp3) is 0.290. The first kappa shape index (κ1) is 25.8. The Balaban J connectivity index is 1.35. The summed E-state index contributed by atoms with van der Waals surface area (Å²) in [6, 6.07) is 25.0. The number of hydrogen-bond donors (Lipinski definition) is 0. The molecule has 0 heterocycles. The lowest BCUT2D eigenvalue weighted by Crippen LogP contribution is -2.02. The summed E-state index contributed by atoms with van der Waals surface area (Å²) in [4.78, 5) is 0. The van der Waals surface area contributed by atoms with Gasteiger partial charge in [0.1, 0.15) is 11.6 Å². The molecule has 188 valence electrons. The van der Waals surface area contributed by atoms with Gasteiger partial charge in [0.2, 0.25) is 0 Å². The Kier molecular flexibility index (Phi) is 9.01. The minimum absolute atomic E-state index is 0.122. The highest BCUT2D eigenvalue weighted by atomic mass is 19.3. The predicted octanol–water partition coefficient (Wildman–Crippen LogP) is 7.73. The van der Waals surface area contributed by atoms with Crippen molar-refractivity contribution in [1.29, 1.82) is 0 Å².